The summed E-state index contributed by atoms with van der Waals surface area (Å²) in [5, 5.41) is 9.99. The Labute approximate surface area is 169 Å². The van der Waals surface area contributed by atoms with Gasteiger partial charge in [-0.15, -0.1) is 22.0 Å². The summed E-state index contributed by atoms with van der Waals surface area (Å²) in [5.74, 6) is 2.72. The van der Waals surface area contributed by atoms with Crippen LogP contribution < -0.4 is 0 Å². The van der Waals surface area contributed by atoms with Gasteiger partial charge in [0.25, 0.3) is 0 Å². The molecule has 26 heavy (non-hydrogen) atoms. The number of aliphatic imine (C=N–C) groups is 1. The number of rotatable bonds is 4. The molecule has 3 aromatic rings. The molecule has 0 aliphatic carbocycles. The van der Waals surface area contributed by atoms with E-state index in [9.17, 15) is 0 Å². The Hall–Kier alpha value is -1.63. The van der Waals surface area contributed by atoms with Crippen LogP contribution in [0.4, 0.5) is 0 Å². The molecule has 4 rings (SSSR count). The molecular weight excluding hydrogens is 432 g/mol. The number of aromatic nitrogens is 3. The number of fused-ring (bicyclic) bond motifs is 3. The van der Waals surface area contributed by atoms with Gasteiger partial charge < -0.3 is 0 Å². The average Bonchev–Trinajstić information content (AvgIpc) is 3.00. The fourth-order valence-electron chi connectivity index (χ4n) is 3.09. The van der Waals surface area contributed by atoms with Crippen LogP contribution in [0.1, 0.15) is 29.7 Å². The second-order valence-corrected chi connectivity index (χ2v) is 8.06. The lowest BCUT2D eigenvalue weighted by Gasteiger charge is -2.15. The van der Waals surface area contributed by atoms with Crippen molar-refractivity contribution in [3.63, 3.8) is 0 Å². The highest BCUT2D eigenvalue weighted by Crippen LogP contribution is 2.32. The Morgan fingerprint density at radius 1 is 1.15 bits per heavy atom. The van der Waals surface area contributed by atoms with Crippen LogP contribution in [0.3, 0.4) is 0 Å². The minimum atomic E-state index is 0.464. The van der Waals surface area contributed by atoms with Crippen LogP contribution in [0, 0.1) is 0 Å². The van der Waals surface area contributed by atoms with E-state index in [0.29, 0.717) is 16.9 Å². The topological polar surface area (TPSA) is 43.1 Å². The summed E-state index contributed by atoms with van der Waals surface area (Å²) in [7, 11) is 0. The molecule has 1 aliphatic rings. The molecule has 1 aliphatic heterocycles. The standard InChI is InChI=1S/C19H16BrClN4S/c1-2-26-12-7-8-14-16(9-12)25-17(10-20)23-24-18(25)11-22-19(14)13-5-3-4-6-15(13)21/h3-9H,2,10-11H2,1H3. The average molecular weight is 448 g/mol. The van der Waals surface area contributed by atoms with Gasteiger partial charge in [-0.1, -0.05) is 52.7 Å². The Morgan fingerprint density at radius 2 is 2.00 bits per heavy atom. The van der Waals surface area contributed by atoms with Crippen LogP contribution in [-0.4, -0.2) is 26.2 Å². The van der Waals surface area contributed by atoms with E-state index >= 15 is 0 Å². The van der Waals surface area contributed by atoms with Gasteiger partial charge >= 0.3 is 0 Å². The van der Waals surface area contributed by atoms with Crippen LogP contribution >= 0.6 is 39.3 Å². The Morgan fingerprint density at radius 3 is 2.77 bits per heavy atom. The van der Waals surface area contributed by atoms with E-state index in [1.807, 2.05) is 36.0 Å². The van der Waals surface area contributed by atoms with Crippen molar-refractivity contribution in [3.8, 4) is 5.69 Å². The van der Waals surface area contributed by atoms with Crippen LogP contribution in [0.15, 0.2) is 52.4 Å². The van der Waals surface area contributed by atoms with Gasteiger partial charge in [0.1, 0.15) is 12.4 Å². The zero-order valence-electron chi connectivity index (χ0n) is 14.1. The van der Waals surface area contributed by atoms with Gasteiger partial charge in [-0.3, -0.25) is 9.56 Å². The van der Waals surface area contributed by atoms with Crippen molar-refractivity contribution in [2.45, 2.75) is 23.7 Å². The molecule has 7 heteroatoms. The lowest BCUT2D eigenvalue weighted by molar-refractivity contribution is 0.858. The van der Waals surface area contributed by atoms with Crippen molar-refractivity contribution < 1.29 is 0 Å². The van der Waals surface area contributed by atoms with Crippen molar-refractivity contribution >= 4 is 45.0 Å². The molecule has 2 aromatic carbocycles. The maximum absolute atomic E-state index is 6.47. The SMILES string of the molecule is CCSc1ccc2c(c1)-n1c(CBr)nnc1CN=C2c1ccccc1Cl. The summed E-state index contributed by atoms with van der Waals surface area (Å²) < 4.78 is 2.11. The van der Waals surface area contributed by atoms with Gasteiger partial charge in [0, 0.05) is 21.0 Å². The molecule has 0 N–H and O–H groups in total. The van der Waals surface area contributed by atoms with E-state index < -0.39 is 0 Å². The summed E-state index contributed by atoms with van der Waals surface area (Å²) in [6.45, 7) is 2.62. The normalized spacial score (nSPS) is 13.0. The van der Waals surface area contributed by atoms with Crippen LogP contribution in [0.2, 0.25) is 5.02 Å². The zero-order chi connectivity index (χ0) is 18.1. The highest BCUT2D eigenvalue weighted by molar-refractivity contribution is 9.08. The predicted molar refractivity (Wildman–Crippen MR) is 111 cm³/mol. The van der Waals surface area contributed by atoms with Crippen molar-refractivity contribution in [3.05, 3.63) is 70.3 Å². The van der Waals surface area contributed by atoms with E-state index in [1.54, 1.807) is 0 Å². The van der Waals surface area contributed by atoms with E-state index in [0.717, 1.165) is 39.9 Å². The molecule has 0 radical (unpaired) electrons. The monoisotopic (exact) mass is 446 g/mol. The maximum Gasteiger partial charge on any atom is 0.159 e. The fraction of sp³-hybridized carbons (Fsp3) is 0.211. The van der Waals surface area contributed by atoms with Crippen molar-refractivity contribution in [1.29, 1.82) is 0 Å². The molecule has 1 aromatic heterocycles. The van der Waals surface area contributed by atoms with Crippen molar-refractivity contribution in [2.24, 2.45) is 4.99 Å². The number of thioether (sulfide) groups is 1. The van der Waals surface area contributed by atoms with Gasteiger partial charge in [0.15, 0.2) is 5.82 Å². The number of halogens is 2. The third-order valence-corrected chi connectivity index (χ3v) is 5.91. The highest BCUT2D eigenvalue weighted by atomic mass is 79.9. The zero-order valence-corrected chi connectivity index (χ0v) is 17.3. The molecule has 0 unspecified atom stereocenters. The first kappa shape index (κ1) is 17.8. The number of nitrogens with zero attached hydrogens (tertiary/aromatic N) is 4. The molecule has 132 valence electrons. The predicted octanol–water partition coefficient (Wildman–Crippen LogP) is 5.28. The van der Waals surface area contributed by atoms with E-state index in [2.05, 4.69) is 55.8 Å². The van der Waals surface area contributed by atoms with Gasteiger partial charge in [0.2, 0.25) is 0 Å². The first-order valence-corrected chi connectivity index (χ1v) is 10.8. The first-order valence-electron chi connectivity index (χ1n) is 8.29. The van der Waals surface area contributed by atoms with E-state index in [1.165, 1.54) is 4.90 Å². The van der Waals surface area contributed by atoms with Gasteiger partial charge in [-0.25, -0.2) is 0 Å². The second kappa shape index (κ2) is 7.55. The van der Waals surface area contributed by atoms with Crippen molar-refractivity contribution in [2.75, 3.05) is 5.75 Å². The lowest BCUT2D eigenvalue weighted by Crippen LogP contribution is -2.09. The number of hydrogen-bond acceptors (Lipinski definition) is 4. The van der Waals surface area contributed by atoms with E-state index in [4.69, 9.17) is 16.6 Å². The third kappa shape index (κ3) is 3.10. The Kier molecular flexibility index (Phi) is 5.16. The molecule has 0 spiro atoms. The summed E-state index contributed by atoms with van der Waals surface area (Å²) in [6, 6.07) is 14.3. The second-order valence-electron chi connectivity index (χ2n) is 5.76. The maximum atomic E-state index is 6.47. The molecule has 0 fully saturated rings. The summed E-state index contributed by atoms with van der Waals surface area (Å²) >= 11 is 11.8. The minimum Gasteiger partial charge on any atom is -0.280 e. The van der Waals surface area contributed by atoms with Crippen LogP contribution in [0.5, 0.6) is 0 Å². The fourth-order valence-corrected chi connectivity index (χ4v) is 4.37. The van der Waals surface area contributed by atoms with Gasteiger partial charge in [-0.05, 0) is 30.0 Å². The number of hydrogen-bond donors (Lipinski definition) is 0. The Balaban J connectivity index is 1.97. The van der Waals surface area contributed by atoms with Crippen LogP contribution in [0.25, 0.3) is 5.69 Å². The molecule has 4 nitrogen and oxygen atoms in total. The van der Waals surface area contributed by atoms with Gasteiger partial charge in [-0.2, -0.15) is 0 Å². The molecule has 0 bridgehead atoms. The smallest absolute Gasteiger partial charge is 0.159 e. The highest BCUT2D eigenvalue weighted by Gasteiger charge is 2.23. The summed E-state index contributed by atoms with van der Waals surface area (Å²) in [6.07, 6.45) is 0. The van der Waals surface area contributed by atoms with Crippen molar-refractivity contribution in [1.82, 2.24) is 14.8 Å². The molecule has 0 saturated heterocycles. The summed E-state index contributed by atoms with van der Waals surface area (Å²) in [5.41, 5.74) is 3.92. The third-order valence-electron chi connectivity index (χ3n) is 4.20. The molecule has 2 heterocycles. The van der Waals surface area contributed by atoms with Crippen LogP contribution in [-0.2, 0) is 11.9 Å². The molecular formula is C19H16BrClN4S. The molecule has 0 atom stereocenters. The molecule has 0 amide bonds. The summed E-state index contributed by atoms with van der Waals surface area (Å²) in [4.78, 5) is 6.06. The largest absolute Gasteiger partial charge is 0.280 e. The number of alkyl halides is 1. The lowest BCUT2D eigenvalue weighted by atomic mass is 10.0. The number of benzene rings is 2. The molecule has 0 saturated carbocycles. The minimum absolute atomic E-state index is 0.464. The quantitative estimate of drug-likeness (QED) is 0.404. The van der Waals surface area contributed by atoms with E-state index in [-0.39, 0.29) is 0 Å². The first-order chi connectivity index (χ1) is 12.7. The Bertz CT molecular complexity index is 999. The van der Waals surface area contributed by atoms with Gasteiger partial charge in [0.05, 0.1) is 16.7 Å².